The molecule has 3 heterocycles. The van der Waals surface area contributed by atoms with Crippen LogP contribution >= 0.6 is 11.3 Å². The first-order valence-electron chi connectivity index (χ1n) is 12.3. The number of halogens is 9. The molecule has 1 aliphatic heterocycles. The van der Waals surface area contributed by atoms with Crippen LogP contribution in [0.2, 0.25) is 0 Å². The summed E-state index contributed by atoms with van der Waals surface area (Å²) >= 11 is 0.220. The molecule has 8 nitrogen and oxygen atoms in total. The van der Waals surface area contributed by atoms with E-state index in [1.807, 2.05) is 0 Å². The SMILES string of the molecule is CC1CCCCN1C(=O)c1nc(C(=O)NCC(C)(C)O)sc1-c1cnc(C(O)(C(F)(F)F)C(F)(F)F)cc1C(F)(F)F. The third-order valence-electron chi connectivity index (χ3n) is 6.41. The van der Waals surface area contributed by atoms with Crippen LogP contribution < -0.4 is 5.32 Å². The van der Waals surface area contributed by atoms with Crippen molar-refractivity contribution in [3.63, 3.8) is 0 Å². The molecule has 3 rings (SSSR count). The first-order chi connectivity index (χ1) is 19.0. The van der Waals surface area contributed by atoms with Crippen molar-refractivity contribution < 1.29 is 59.3 Å². The molecule has 2 aromatic heterocycles. The van der Waals surface area contributed by atoms with Crippen LogP contribution in [0.25, 0.3) is 10.4 Å². The van der Waals surface area contributed by atoms with Crippen molar-refractivity contribution in [3.8, 4) is 10.4 Å². The van der Waals surface area contributed by atoms with Crippen LogP contribution in [0.5, 0.6) is 0 Å². The van der Waals surface area contributed by atoms with Crippen LogP contribution in [0.1, 0.15) is 71.6 Å². The highest BCUT2D eigenvalue weighted by Gasteiger charge is 2.72. The van der Waals surface area contributed by atoms with E-state index in [9.17, 15) is 59.3 Å². The second-order valence-electron chi connectivity index (χ2n) is 10.4. The molecule has 0 aromatic carbocycles. The van der Waals surface area contributed by atoms with Gasteiger partial charge in [-0.05, 0) is 46.1 Å². The molecule has 234 valence electrons. The lowest BCUT2D eigenvalue weighted by atomic mass is 9.94. The first kappa shape index (κ1) is 33.5. The number of hydrogen-bond donors (Lipinski definition) is 3. The lowest BCUT2D eigenvalue weighted by Crippen LogP contribution is -2.54. The Kier molecular flexibility index (Phi) is 8.98. The van der Waals surface area contributed by atoms with Gasteiger partial charge in [0.15, 0.2) is 5.01 Å². The predicted molar refractivity (Wildman–Crippen MR) is 129 cm³/mol. The number of pyridine rings is 1. The van der Waals surface area contributed by atoms with E-state index in [0.29, 0.717) is 12.8 Å². The summed E-state index contributed by atoms with van der Waals surface area (Å²) in [4.78, 5) is 33.6. The Morgan fingerprint density at radius 3 is 2.14 bits per heavy atom. The van der Waals surface area contributed by atoms with E-state index in [4.69, 9.17) is 0 Å². The minimum Gasteiger partial charge on any atom is -0.389 e. The maximum absolute atomic E-state index is 14.2. The molecule has 1 unspecified atom stereocenters. The quantitative estimate of drug-likeness (QED) is 0.383. The fourth-order valence-corrected chi connectivity index (χ4v) is 5.17. The van der Waals surface area contributed by atoms with Gasteiger partial charge in [0.1, 0.15) is 5.69 Å². The number of carbonyl (C=O) groups excluding carboxylic acids is 2. The van der Waals surface area contributed by atoms with Gasteiger partial charge in [-0.1, -0.05) is 0 Å². The average Bonchev–Trinajstić information content (AvgIpc) is 3.29. The fraction of sp³-hybridized carbons (Fsp3) is 0.583. The summed E-state index contributed by atoms with van der Waals surface area (Å²) < 4.78 is 123. The number of thiazole rings is 1. The maximum Gasteiger partial charge on any atom is 0.432 e. The molecule has 1 atom stereocenters. The van der Waals surface area contributed by atoms with E-state index in [2.05, 4.69) is 15.3 Å². The molecule has 1 saturated heterocycles. The van der Waals surface area contributed by atoms with E-state index in [-0.39, 0.29) is 30.6 Å². The molecule has 2 aromatic rings. The molecular formula is C24H25F9N4O4S. The molecule has 1 aliphatic rings. The second kappa shape index (κ2) is 11.3. The van der Waals surface area contributed by atoms with Gasteiger partial charge in [-0.25, -0.2) is 4.98 Å². The highest BCUT2D eigenvalue weighted by Crippen LogP contribution is 2.51. The smallest absolute Gasteiger partial charge is 0.389 e. The zero-order valence-electron chi connectivity index (χ0n) is 22.1. The van der Waals surface area contributed by atoms with E-state index in [0.717, 1.165) is 6.42 Å². The van der Waals surface area contributed by atoms with Crippen LogP contribution in [0.3, 0.4) is 0 Å². The number of aliphatic hydroxyl groups is 2. The van der Waals surface area contributed by atoms with Gasteiger partial charge < -0.3 is 20.4 Å². The number of alkyl halides is 9. The summed E-state index contributed by atoms with van der Waals surface area (Å²) in [5.41, 5.74) is -13.5. The predicted octanol–water partition coefficient (Wildman–Crippen LogP) is 5.05. The molecular weight excluding hydrogens is 611 g/mol. The van der Waals surface area contributed by atoms with Gasteiger partial charge in [-0.15, -0.1) is 11.3 Å². The number of hydrogen-bond acceptors (Lipinski definition) is 7. The summed E-state index contributed by atoms with van der Waals surface area (Å²) in [6, 6.07) is -0.994. The minimum atomic E-state index is -6.51. The largest absolute Gasteiger partial charge is 0.432 e. The molecule has 18 heteroatoms. The molecule has 0 bridgehead atoms. The number of piperidine rings is 1. The number of nitrogens with zero attached hydrogens (tertiary/aromatic N) is 3. The van der Waals surface area contributed by atoms with Crippen molar-refractivity contribution in [1.82, 2.24) is 20.2 Å². The Labute approximate surface area is 236 Å². The lowest BCUT2D eigenvalue weighted by molar-refractivity contribution is -0.377. The van der Waals surface area contributed by atoms with Gasteiger partial charge in [0, 0.05) is 30.9 Å². The van der Waals surface area contributed by atoms with Crippen molar-refractivity contribution in [2.45, 2.75) is 75.8 Å². The van der Waals surface area contributed by atoms with Crippen molar-refractivity contribution in [3.05, 3.63) is 34.2 Å². The van der Waals surface area contributed by atoms with E-state index in [1.54, 1.807) is 6.92 Å². The summed E-state index contributed by atoms with van der Waals surface area (Å²) in [5, 5.41) is 21.2. The highest BCUT2D eigenvalue weighted by molar-refractivity contribution is 7.17. The number of amides is 2. The van der Waals surface area contributed by atoms with Crippen molar-refractivity contribution in [2.75, 3.05) is 13.1 Å². The van der Waals surface area contributed by atoms with Crippen LogP contribution in [0.15, 0.2) is 12.3 Å². The fourth-order valence-electron chi connectivity index (χ4n) is 4.17. The number of nitrogens with one attached hydrogen (secondary N) is 1. The van der Waals surface area contributed by atoms with Gasteiger partial charge in [0.2, 0.25) is 0 Å². The lowest BCUT2D eigenvalue weighted by Gasteiger charge is -2.33. The van der Waals surface area contributed by atoms with Crippen molar-refractivity contribution >= 4 is 23.2 Å². The molecule has 0 spiro atoms. The molecule has 3 N–H and O–H groups in total. The van der Waals surface area contributed by atoms with Gasteiger partial charge in [0.25, 0.3) is 17.4 Å². The summed E-state index contributed by atoms with van der Waals surface area (Å²) in [5.74, 6) is -1.94. The Balaban J connectivity index is 2.27. The van der Waals surface area contributed by atoms with Crippen molar-refractivity contribution in [1.29, 1.82) is 0 Å². The van der Waals surface area contributed by atoms with Crippen molar-refractivity contribution in [2.24, 2.45) is 0 Å². The number of rotatable bonds is 6. The molecule has 0 radical (unpaired) electrons. The highest BCUT2D eigenvalue weighted by atomic mass is 32.1. The Morgan fingerprint density at radius 1 is 1.05 bits per heavy atom. The van der Waals surface area contributed by atoms with Crippen LogP contribution in [0.4, 0.5) is 39.5 Å². The normalized spacial score (nSPS) is 17.4. The van der Waals surface area contributed by atoms with Gasteiger partial charge in [-0.2, -0.15) is 39.5 Å². The molecule has 0 saturated carbocycles. The summed E-state index contributed by atoms with van der Waals surface area (Å²) in [7, 11) is 0. The monoisotopic (exact) mass is 636 g/mol. The van der Waals surface area contributed by atoms with Gasteiger partial charge in [0.05, 0.1) is 21.7 Å². The molecule has 1 fully saturated rings. The summed E-state index contributed by atoms with van der Waals surface area (Å²) in [6.07, 6.45) is -16.8. The average molecular weight is 637 g/mol. The second-order valence-corrected chi connectivity index (χ2v) is 11.4. The van der Waals surface area contributed by atoms with Crippen LogP contribution in [0, 0.1) is 0 Å². The number of likely N-dealkylation sites (tertiary alicyclic amines) is 1. The first-order valence-corrected chi connectivity index (χ1v) is 13.1. The van der Waals surface area contributed by atoms with E-state index < -0.39 is 86.1 Å². The summed E-state index contributed by atoms with van der Waals surface area (Å²) in [6.45, 7) is 4.15. The Morgan fingerprint density at radius 2 is 1.64 bits per heavy atom. The molecule has 0 aliphatic carbocycles. The van der Waals surface area contributed by atoms with Crippen LogP contribution in [-0.4, -0.2) is 74.0 Å². The molecule has 42 heavy (non-hydrogen) atoms. The maximum atomic E-state index is 14.2. The third-order valence-corrected chi connectivity index (χ3v) is 7.50. The van der Waals surface area contributed by atoms with Gasteiger partial charge >= 0.3 is 18.5 Å². The zero-order valence-corrected chi connectivity index (χ0v) is 22.9. The molecule has 2 amide bonds. The standard InChI is InChI=1S/C24H25F9N4O4S/c1-11-6-4-5-7-37(11)19(39)15-16(42-18(36-15)17(38)35-10-20(2,3)40)12-9-34-14(8-13(12)22(25,26)27)21(41,23(28,29)30)24(31,32)33/h8-9,11,40-41H,4-7,10H2,1-3H3,(H,35,38). The minimum absolute atomic E-state index is 0.0169. The topological polar surface area (TPSA) is 116 Å². The van der Waals surface area contributed by atoms with Crippen LogP contribution in [-0.2, 0) is 11.8 Å². The van der Waals surface area contributed by atoms with E-state index >= 15 is 0 Å². The number of carbonyl (C=O) groups is 2. The van der Waals surface area contributed by atoms with Gasteiger partial charge in [-0.3, -0.25) is 14.6 Å². The zero-order chi connectivity index (χ0) is 32.1. The third kappa shape index (κ3) is 6.64. The Hall–Kier alpha value is -2.99. The Bertz CT molecular complexity index is 1320. The number of aromatic nitrogens is 2. The van der Waals surface area contributed by atoms with E-state index in [1.165, 1.54) is 18.7 Å².